The summed E-state index contributed by atoms with van der Waals surface area (Å²) in [5, 5.41) is 3.97. The molecule has 0 aromatic carbocycles. The van der Waals surface area contributed by atoms with Crippen molar-refractivity contribution >= 4 is 23.2 Å². The first-order valence-corrected chi connectivity index (χ1v) is 10.1. The minimum absolute atomic E-state index is 0.0201. The lowest BCUT2D eigenvalue weighted by atomic mass is 10.1. The van der Waals surface area contributed by atoms with Crippen molar-refractivity contribution in [2.75, 3.05) is 39.3 Å². The molecule has 1 unspecified atom stereocenters. The molecular formula is C18H28N4O2S. The van der Waals surface area contributed by atoms with Crippen LogP contribution in [-0.4, -0.2) is 65.9 Å². The van der Waals surface area contributed by atoms with Gasteiger partial charge in [-0.15, -0.1) is 11.3 Å². The number of thiazole rings is 1. The fraction of sp³-hybridized carbons (Fsp3) is 0.722. The van der Waals surface area contributed by atoms with Gasteiger partial charge in [0.25, 0.3) is 5.91 Å². The number of likely N-dealkylation sites (tertiary alicyclic amines) is 2. The Morgan fingerprint density at radius 1 is 1.20 bits per heavy atom. The number of aromatic nitrogens is 1. The van der Waals surface area contributed by atoms with E-state index in [2.05, 4.69) is 15.2 Å². The Bertz CT molecular complexity index is 625. The van der Waals surface area contributed by atoms with Crippen LogP contribution >= 0.6 is 11.3 Å². The summed E-state index contributed by atoms with van der Waals surface area (Å²) in [7, 11) is 0. The number of amides is 2. The average Bonchev–Trinajstić information content (AvgIpc) is 3.22. The molecular weight excluding hydrogens is 336 g/mol. The minimum atomic E-state index is -0.0837. The van der Waals surface area contributed by atoms with Gasteiger partial charge in [-0.3, -0.25) is 9.59 Å². The van der Waals surface area contributed by atoms with E-state index in [9.17, 15) is 9.59 Å². The number of hydrogen-bond acceptors (Lipinski definition) is 5. The molecule has 1 N–H and O–H groups in total. The van der Waals surface area contributed by atoms with Crippen LogP contribution in [0.5, 0.6) is 0 Å². The first-order chi connectivity index (χ1) is 12.0. The Morgan fingerprint density at radius 3 is 2.64 bits per heavy atom. The summed E-state index contributed by atoms with van der Waals surface area (Å²) in [5.74, 6) is 0.0239. The van der Waals surface area contributed by atoms with Gasteiger partial charge in [-0.1, -0.05) is 6.42 Å². The average molecular weight is 365 g/mol. The van der Waals surface area contributed by atoms with Crippen LogP contribution in [0.4, 0.5) is 0 Å². The molecule has 0 spiro atoms. The van der Waals surface area contributed by atoms with E-state index in [0.29, 0.717) is 24.5 Å². The summed E-state index contributed by atoms with van der Waals surface area (Å²) in [6.07, 6.45) is 4.61. The third-order valence-electron chi connectivity index (χ3n) is 5.12. The molecule has 138 valence electrons. The molecule has 1 aromatic heterocycles. The van der Waals surface area contributed by atoms with Gasteiger partial charge in [0.2, 0.25) is 5.91 Å². The normalized spacial score (nSPS) is 21.5. The Balaban J connectivity index is 1.44. The maximum atomic E-state index is 12.6. The van der Waals surface area contributed by atoms with Crippen molar-refractivity contribution < 1.29 is 9.59 Å². The second-order valence-corrected chi connectivity index (χ2v) is 8.28. The third kappa shape index (κ3) is 4.58. The van der Waals surface area contributed by atoms with Crippen LogP contribution in [0.15, 0.2) is 0 Å². The predicted octanol–water partition coefficient (Wildman–Crippen LogP) is 1.82. The van der Waals surface area contributed by atoms with E-state index < -0.39 is 0 Å². The fourth-order valence-electron chi connectivity index (χ4n) is 3.70. The van der Waals surface area contributed by atoms with E-state index in [0.717, 1.165) is 36.8 Å². The standard InChI is InChI=1S/C18H28N4O2S/c1-13-16(25-14(2)20-13)18(24)22-10-6-15(12-22)17(23)19-7-11-21-8-4-3-5-9-21/h15H,3-12H2,1-2H3,(H,19,23). The van der Waals surface area contributed by atoms with Gasteiger partial charge >= 0.3 is 0 Å². The van der Waals surface area contributed by atoms with Crippen molar-refractivity contribution in [1.29, 1.82) is 0 Å². The molecule has 0 aliphatic carbocycles. The molecule has 6 nitrogen and oxygen atoms in total. The quantitative estimate of drug-likeness (QED) is 0.866. The van der Waals surface area contributed by atoms with Gasteiger partial charge in [0.15, 0.2) is 0 Å². The van der Waals surface area contributed by atoms with Gasteiger partial charge < -0.3 is 15.1 Å². The van der Waals surface area contributed by atoms with Crippen molar-refractivity contribution in [3.05, 3.63) is 15.6 Å². The van der Waals surface area contributed by atoms with Gasteiger partial charge in [-0.05, 0) is 46.2 Å². The van der Waals surface area contributed by atoms with Crippen molar-refractivity contribution in [3.8, 4) is 0 Å². The first kappa shape index (κ1) is 18.3. The molecule has 0 bridgehead atoms. The molecule has 0 saturated carbocycles. The van der Waals surface area contributed by atoms with Crippen molar-refractivity contribution in [2.45, 2.75) is 39.5 Å². The number of carbonyl (C=O) groups is 2. The van der Waals surface area contributed by atoms with Crippen LogP contribution in [0, 0.1) is 19.8 Å². The highest BCUT2D eigenvalue weighted by Gasteiger charge is 2.32. The molecule has 2 aliphatic rings. The summed E-state index contributed by atoms with van der Waals surface area (Å²) < 4.78 is 0. The van der Waals surface area contributed by atoms with E-state index >= 15 is 0 Å². The van der Waals surface area contributed by atoms with E-state index in [4.69, 9.17) is 0 Å². The van der Waals surface area contributed by atoms with Crippen LogP contribution < -0.4 is 5.32 Å². The molecule has 2 amide bonds. The highest BCUT2D eigenvalue weighted by atomic mass is 32.1. The van der Waals surface area contributed by atoms with Crippen molar-refractivity contribution in [3.63, 3.8) is 0 Å². The molecule has 2 fully saturated rings. The lowest BCUT2D eigenvalue weighted by molar-refractivity contribution is -0.124. The van der Waals surface area contributed by atoms with Gasteiger partial charge in [0, 0.05) is 26.2 Å². The van der Waals surface area contributed by atoms with Crippen LogP contribution in [0.3, 0.4) is 0 Å². The Labute approximate surface area is 153 Å². The SMILES string of the molecule is Cc1nc(C)c(C(=O)N2CCC(C(=O)NCCN3CCCCC3)C2)s1. The summed E-state index contributed by atoms with van der Waals surface area (Å²) >= 11 is 1.44. The summed E-state index contributed by atoms with van der Waals surface area (Å²) in [5.41, 5.74) is 0.793. The summed E-state index contributed by atoms with van der Waals surface area (Å²) in [6.45, 7) is 8.89. The van der Waals surface area contributed by atoms with Gasteiger partial charge in [0.1, 0.15) is 4.88 Å². The monoisotopic (exact) mass is 364 g/mol. The number of hydrogen-bond donors (Lipinski definition) is 1. The lowest BCUT2D eigenvalue weighted by Crippen LogP contribution is -2.40. The highest BCUT2D eigenvalue weighted by Crippen LogP contribution is 2.24. The summed E-state index contributed by atoms with van der Waals surface area (Å²) in [6, 6.07) is 0. The fourth-order valence-corrected chi connectivity index (χ4v) is 4.58. The molecule has 2 saturated heterocycles. The molecule has 7 heteroatoms. The van der Waals surface area contributed by atoms with E-state index in [1.54, 1.807) is 4.90 Å². The number of nitrogens with one attached hydrogen (secondary N) is 1. The molecule has 1 atom stereocenters. The maximum absolute atomic E-state index is 12.6. The largest absolute Gasteiger partial charge is 0.355 e. The second-order valence-electron chi connectivity index (χ2n) is 7.08. The zero-order valence-electron chi connectivity index (χ0n) is 15.2. The Kier molecular flexibility index (Phi) is 6.06. The number of aryl methyl sites for hydroxylation is 2. The second kappa shape index (κ2) is 8.27. The van der Waals surface area contributed by atoms with Gasteiger partial charge in [-0.25, -0.2) is 4.98 Å². The topological polar surface area (TPSA) is 65.5 Å². The van der Waals surface area contributed by atoms with Crippen LogP contribution in [0.25, 0.3) is 0 Å². The summed E-state index contributed by atoms with van der Waals surface area (Å²) in [4.78, 5) is 34.3. The molecule has 2 aliphatic heterocycles. The predicted molar refractivity (Wildman–Crippen MR) is 98.9 cm³/mol. The number of nitrogens with zero attached hydrogens (tertiary/aromatic N) is 3. The Morgan fingerprint density at radius 2 is 1.96 bits per heavy atom. The highest BCUT2D eigenvalue weighted by molar-refractivity contribution is 7.13. The zero-order valence-corrected chi connectivity index (χ0v) is 16.0. The smallest absolute Gasteiger partial charge is 0.265 e. The third-order valence-corrected chi connectivity index (χ3v) is 6.18. The van der Waals surface area contributed by atoms with E-state index in [-0.39, 0.29) is 17.7 Å². The molecule has 3 rings (SSSR count). The lowest BCUT2D eigenvalue weighted by Gasteiger charge is -2.26. The van der Waals surface area contributed by atoms with Crippen molar-refractivity contribution in [2.24, 2.45) is 5.92 Å². The number of rotatable bonds is 5. The number of piperidine rings is 1. The van der Waals surface area contributed by atoms with Crippen LogP contribution in [-0.2, 0) is 4.79 Å². The zero-order chi connectivity index (χ0) is 17.8. The molecule has 3 heterocycles. The number of carbonyl (C=O) groups excluding carboxylic acids is 2. The van der Waals surface area contributed by atoms with Crippen molar-refractivity contribution in [1.82, 2.24) is 20.1 Å². The molecule has 0 radical (unpaired) electrons. The van der Waals surface area contributed by atoms with Crippen LogP contribution in [0.1, 0.15) is 46.1 Å². The van der Waals surface area contributed by atoms with E-state index in [1.165, 1.54) is 30.6 Å². The molecule has 25 heavy (non-hydrogen) atoms. The maximum Gasteiger partial charge on any atom is 0.265 e. The minimum Gasteiger partial charge on any atom is -0.355 e. The Hall–Kier alpha value is -1.47. The van der Waals surface area contributed by atoms with Crippen LogP contribution in [0.2, 0.25) is 0 Å². The molecule has 1 aromatic rings. The van der Waals surface area contributed by atoms with Gasteiger partial charge in [-0.2, -0.15) is 0 Å². The van der Waals surface area contributed by atoms with E-state index in [1.807, 2.05) is 13.8 Å². The first-order valence-electron chi connectivity index (χ1n) is 9.28. The van der Waals surface area contributed by atoms with Gasteiger partial charge in [0.05, 0.1) is 16.6 Å².